The topological polar surface area (TPSA) is 35.5 Å². The van der Waals surface area contributed by atoms with Gasteiger partial charge in [0.1, 0.15) is 5.75 Å². The average molecular weight is 271 g/mol. The van der Waals surface area contributed by atoms with Crippen LogP contribution in [0.4, 0.5) is 0 Å². The fraction of sp³-hybridized carbons (Fsp3) is 0.500. The van der Waals surface area contributed by atoms with Gasteiger partial charge in [0.15, 0.2) is 0 Å². The van der Waals surface area contributed by atoms with Crippen molar-refractivity contribution in [2.24, 2.45) is 0 Å². The minimum atomic E-state index is -0.263. The van der Waals surface area contributed by atoms with Crippen molar-refractivity contribution >= 4 is 17.6 Å². The molecule has 0 aliphatic rings. The number of ether oxygens (including phenoxy) is 2. The van der Waals surface area contributed by atoms with Crippen LogP contribution in [0.15, 0.2) is 6.07 Å². The van der Waals surface area contributed by atoms with Gasteiger partial charge >= 0.3 is 5.97 Å². The summed E-state index contributed by atoms with van der Waals surface area (Å²) in [5.74, 6) is 0.450. The van der Waals surface area contributed by atoms with Crippen LogP contribution in [0.3, 0.4) is 0 Å². The van der Waals surface area contributed by atoms with Crippen molar-refractivity contribution in [2.75, 3.05) is 13.2 Å². The van der Waals surface area contributed by atoms with Crippen LogP contribution in [0, 0.1) is 13.8 Å². The lowest BCUT2D eigenvalue weighted by Crippen LogP contribution is -2.11. The Balaban J connectivity index is 3.13. The molecule has 0 saturated carbocycles. The molecule has 0 spiro atoms. The van der Waals surface area contributed by atoms with Crippen molar-refractivity contribution in [1.82, 2.24) is 0 Å². The van der Waals surface area contributed by atoms with Crippen LogP contribution >= 0.6 is 11.6 Å². The maximum absolute atomic E-state index is 11.6. The van der Waals surface area contributed by atoms with E-state index in [0.29, 0.717) is 24.0 Å². The van der Waals surface area contributed by atoms with Gasteiger partial charge in [0, 0.05) is 10.6 Å². The highest BCUT2D eigenvalue weighted by molar-refractivity contribution is 6.32. The normalized spacial score (nSPS) is 10.3. The predicted octanol–water partition coefficient (Wildman–Crippen LogP) is 3.46. The first-order chi connectivity index (χ1) is 8.51. The van der Waals surface area contributed by atoms with Gasteiger partial charge in [-0.15, -0.1) is 0 Å². The van der Waals surface area contributed by atoms with E-state index in [9.17, 15) is 4.79 Å². The molecule has 1 rings (SSSR count). The number of halogens is 1. The predicted molar refractivity (Wildman–Crippen MR) is 72.4 cm³/mol. The molecule has 0 aliphatic heterocycles. The molecule has 4 heteroatoms. The van der Waals surface area contributed by atoms with Gasteiger partial charge in [0.25, 0.3) is 0 Å². The van der Waals surface area contributed by atoms with Gasteiger partial charge in [0.05, 0.1) is 19.6 Å². The summed E-state index contributed by atoms with van der Waals surface area (Å²) in [6, 6.07) is 1.87. The number of hydrogen-bond donors (Lipinski definition) is 0. The minimum absolute atomic E-state index is 0.189. The molecule has 0 unspecified atom stereocenters. The third-order valence-corrected chi connectivity index (χ3v) is 3.28. The smallest absolute Gasteiger partial charge is 0.310 e. The van der Waals surface area contributed by atoms with Crippen LogP contribution in [0.5, 0.6) is 5.75 Å². The molecule has 1 aromatic rings. The Morgan fingerprint density at radius 1 is 1.28 bits per heavy atom. The molecule has 0 amide bonds. The Bertz CT molecular complexity index is 441. The van der Waals surface area contributed by atoms with Crippen molar-refractivity contribution in [3.63, 3.8) is 0 Å². The lowest BCUT2D eigenvalue weighted by Gasteiger charge is -2.15. The molecule has 0 heterocycles. The van der Waals surface area contributed by atoms with Crippen LogP contribution in [-0.4, -0.2) is 19.2 Å². The zero-order valence-electron chi connectivity index (χ0n) is 11.3. The van der Waals surface area contributed by atoms with E-state index in [0.717, 1.165) is 16.7 Å². The second-order valence-electron chi connectivity index (χ2n) is 4.02. The molecule has 0 saturated heterocycles. The van der Waals surface area contributed by atoms with E-state index in [2.05, 4.69) is 0 Å². The number of benzene rings is 1. The molecule has 0 radical (unpaired) electrons. The fourth-order valence-corrected chi connectivity index (χ4v) is 1.99. The van der Waals surface area contributed by atoms with Crippen molar-refractivity contribution < 1.29 is 14.3 Å². The summed E-state index contributed by atoms with van der Waals surface area (Å²) in [5, 5.41) is 0.678. The Kier molecular flexibility index (Phi) is 5.48. The van der Waals surface area contributed by atoms with Gasteiger partial charge < -0.3 is 9.47 Å². The van der Waals surface area contributed by atoms with Crippen molar-refractivity contribution in [3.05, 3.63) is 27.8 Å². The first kappa shape index (κ1) is 14.8. The lowest BCUT2D eigenvalue weighted by atomic mass is 10.0. The van der Waals surface area contributed by atoms with E-state index in [4.69, 9.17) is 21.1 Å². The summed E-state index contributed by atoms with van der Waals surface area (Å²) in [5.41, 5.74) is 2.64. The molecular weight excluding hydrogens is 252 g/mol. The van der Waals surface area contributed by atoms with Crippen molar-refractivity contribution in [2.45, 2.75) is 34.1 Å². The summed E-state index contributed by atoms with van der Waals surface area (Å²) in [7, 11) is 0. The van der Waals surface area contributed by atoms with Crippen LogP contribution < -0.4 is 4.74 Å². The van der Waals surface area contributed by atoms with E-state index >= 15 is 0 Å². The molecule has 18 heavy (non-hydrogen) atoms. The van der Waals surface area contributed by atoms with Gasteiger partial charge in [-0.05, 0) is 44.9 Å². The highest BCUT2D eigenvalue weighted by Crippen LogP contribution is 2.32. The largest absolute Gasteiger partial charge is 0.494 e. The monoisotopic (exact) mass is 270 g/mol. The molecule has 0 aliphatic carbocycles. The van der Waals surface area contributed by atoms with E-state index in [1.54, 1.807) is 6.92 Å². The van der Waals surface area contributed by atoms with Crippen LogP contribution in [-0.2, 0) is 16.0 Å². The standard InChI is InChI=1S/C14H19ClO3/c1-5-17-12-7-9(3)14(15)10(4)11(12)8-13(16)18-6-2/h7H,5-6,8H2,1-4H3. The van der Waals surface area contributed by atoms with Gasteiger partial charge in [0.2, 0.25) is 0 Å². The first-order valence-electron chi connectivity index (χ1n) is 6.08. The number of carbonyl (C=O) groups is 1. The Hall–Kier alpha value is -1.22. The summed E-state index contributed by atoms with van der Waals surface area (Å²) >= 11 is 6.21. The summed E-state index contributed by atoms with van der Waals surface area (Å²) < 4.78 is 10.5. The highest BCUT2D eigenvalue weighted by Gasteiger charge is 2.16. The summed E-state index contributed by atoms with van der Waals surface area (Å²) in [6.07, 6.45) is 0.189. The van der Waals surface area contributed by atoms with Gasteiger partial charge in [-0.1, -0.05) is 11.6 Å². The molecule has 0 atom stereocenters. The minimum Gasteiger partial charge on any atom is -0.494 e. The Morgan fingerprint density at radius 2 is 1.94 bits per heavy atom. The zero-order valence-corrected chi connectivity index (χ0v) is 12.1. The molecular formula is C14H19ClO3. The first-order valence-corrected chi connectivity index (χ1v) is 6.46. The van der Waals surface area contributed by atoms with Crippen LogP contribution in [0.25, 0.3) is 0 Å². The maximum Gasteiger partial charge on any atom is 0.310 e. The number of aryl methyl sites for hydroxylation is 1. The van der Waals surface area contributed by atoms with Gasteiger partial charge in [-0.2, -0.15) is 0 Å². The van der Waals surface area contributed by atoms with Crippen LogP contribution in [0.2, 0.25) is 5.02 Å². The van der Waals surface area contributed by atoms with E-state index in [-0.39, 0.29) is 12.4 Å². The molecule has 100 valence electrons. The van der Waals surface area contributed by atoms with E-state index in [1.807, 2.05) is 26.8 Å². The summed E-state index contributed by atoms with van der Waals surface area (Å²) in [4.78, 5) is 11.6. The maximum atomic E-state index is 11.6. The van der Waals surface area contributed by atoms with Gasteiger partial charge in [-0.3, -0.25) is 4.79 Å². The van der Waals surface area contributed by atoms with Crippen molar-refractivity contribution in [1.29, 1.82) is 0 Å². The lowest BCUT2D eigenvalue weighted by molar-refractivity contribution is -0.142. The highest BCUT2D eigenvalue weighted by atomic mass is 35.5. The zero-order chi connectivity index (χ0) is 13.7. The Labute approximate surface area is 113 Å². The summed E-state index contributed by atoms with van der Waals surface area (Å²) in [6.45, 7) is 8.44. The van der Waals surface area contributed by atoms with Gasteiger partial charge in [-0.25, -0.2) is 0 Å². The van der Waals surface area contributed by atoms with E-state index < -0.39 is 0 Å². The van der Waals surface area contributed by atoms with Crippen LogP contribution in [0.1, 0.15) is 30.5 Å². The SMILES string of the molecule is CCOC(=O)Cc1c(OCC)cc(C)c(Cl)c1C. The second-order valence-corrected chi connectivity index (χ2v) is 4.40. The average Bonchev–Trinajstić information content (AvgIpc) is 2.32. The third kappa shape index (κ3) is 3.39. The molecule has 0 bridgehead atoms. The second kappa shape index (κ2) is 6.64. The number of esters is 1. The Morgan fingerprint density at radius 3 is 2.50 bits per heavy atom. The molecule has 0 fully saturated rings. The molecule has 0 aromatic heterocycles. The number of carbonyl (C=O) groups excluding carboxylic acids is 1. The third-order valence-electron chi connectivity index (χ3n) is 2.70. The molecule has 1 aromatic carbocycles. The molecule has 3 nitrogen and oxygen atoms in total. The van der Waals surface area contributed by atoms with E-state index in [1.165, 1.54) is 0 Å². The fourth-order valence-electron chi connectivity index (χ4n) is 1.82. The molecule has 0 N–H and O–H groups in total. The number of rotatable bonds is 5. The van der Waals surface area contributed by atoms with Crippen molar-refractivity contribution in [3.8, 4) is 5.75 Å². The quantitative estimate of drug-likeness (QED) is 0.769. The number of hydrogen-bond acceptors (Lipinski definition) is 3.